The molecule has 0 atom stereocenters. The molecule has 1 heterocycles. The lowest BCUT2D eigenvalue weighted by Gasteiger charge is -2.28. The van der Waals surface area contributed by atoms with E-state index >= 15 is 0 Å². The normalized spacial score (nSPS) is 16.6. The summed E-state index contributed by atoms with van der Waals surface area (Å²) in [4.78, 5) is 14.7. The Morgan fingerprint density at radius 2 is 1.95 bits per heavy atom. The fourth-order valence-corrected chi connectivity index (χ4v) is 2.70. The average molecular weight is 305 g/mol. The summed E-state index contributed by atoms with van der Waals surface area (Å²) in [6.07, 6.45) is 2.74. The minimum absolute atomic E-state index is 0.0806. The monoisotopic (exact) mass is 305 g/mol. The van der Waals surface area contributed by atoms with Gasteiger partial charge in [0.1, 0.15) is 4.99 Å². The van der Waals surface area contributed by atoms with Gasteiger partial charge in [-0.25, -0.2) is 0 Å². The lowest BCUT2D eigenvalue weighted by molar-refractivity contribution is -0.120. The van der Waals surface area contributed by atoms with Crippen LogP contribution in [0.4, 0.5) is 0 Å². The molecule has 4 nitrogen and oxygen atoms in total. The molecule has 0 radical (unpaired) electrons. The van der Waals surface area contributed by atoms with Crippen LogP contribution in [0.25, 0.3) is 0 Å². The summed E-state index contributed by atoms with van der Waals surface area (Å²) in [6, 6.07) is 7.54. The van der Waals surface area contributed by atoms with Gasteiger partial charge in [0.15, 0.2) is 0 Å². The lowest BCUT2D eigenvalue weighted by atomic mass is 9.97. The minimum Gasteiger partial charge on any atom is -0.389 e. The number of nitrogens with two attached hydrogens (primary N) is 1. The van der Waals surface area contributed by atoms with Gasteiger partial charge in [0.05, 0.1) is 6.42 Å². The van der Waals surface area contributed by atoms with E-state index in [0.29, 0.717) is 17.3 Å². The fourth-order valence-electron chi connectivity index (χ4n) is 2.56. The molecule has 0 spiro atoms. The highest BCUT2D eigenvalue weighted by molar-refractivity contribution is 7.80. The van der Waals surface area contributed by atoms with Gasteiger partial charge in [-0.2, -0.15) is 0 Å². The SMILES string of the molecule is CN1CCC(CNC(=O)Cc2ccc(C(N)=S)cc2)CC1. The molecule has 1 aromatic rings. The smallest absolute Gasteiger partial charge is 0.224 e. The quantitative estimate of drug-likeness (QED) is 0.806. The van der Waals surface area contributed by atoms with Gasteiger partial charge in [0, 0.05) is 12.1 Å². The van der Waals surface area contributed by atoms with E-state index in [4.69, 9.17) is 18.0 Å². The van der Waals surface area contributed by atoms with E-state index in [0.717, 1.165) is 30.8 Å². The highest BCUT2D eigenvalue weighted by Crippen LogP contribution is 2.14. The maximum atomic E-state index is 12.0. The molecular weight excluding hydrogens is 282 g/mol. The maximum Gasteiger partial charge on any atom is 0.224 e. The Labute approximate surface area is 131 Å². The predicted molar refractivity (Wildman–Crippen MR) is 89.3 cm³/mol. The first-order valence-electron chi connectivity index (χ1n) is 7.38. The van der Waals surface area contributed by atoms with E-state index in [9.17, 15) is 4.79 Å². The van der Waals surface area contributed by atoms with Crippen LogP contribution in [0.3, 0.4) is 0 Å². The molecular formula is C16H23N3OS. The summed E-state index contributed by atoms with van der Waals surface area (Å²) in [5.41, 5.74) is 7.37. The number of thiocarbonyl (C=S) groups is 1. The first-order chi connectivity index (χ1) is 10.0. The van der Waals surface area contributed by atoms with Crippen LogP contribution in [0, 0.1) is 5.92 Å². The van der Waals surface area contributed by atoms with Crippen molar-refractivity contribution in [1.82, 2.24) is 10.2 Å². The Morgan fingerprint density at radius 1 is 1.33 bits per heavy atom. The van der Waals surface area contributed by atoms with Crippen LogP contribution in [0.2, 0.25) is 0 Å². The molecule has 2 rings (SSSR count). The fraction of sp³-hybridized carbons (Fsp3) is 0.500. The summed E-state index contributed by atoms with van der Waals surface area (Å²) in [5.74, 6) is 0.694. The van der Waals surface area contributed by atoms with Crippen molar-refractivity contribution in [3.05, 3.63) is 35.4 Å². The van der Waals surface area contributed by atoms with Crippen molar-refractivity contribution in [3.63, 3.8) is 0 Å². The number of nitrogens with one attached hydrogen (secondary N) is 1. The highest BCUT2D eigenvalue weighted by Gasteiger charge is 2.17. The van der Waals surface area contributed by atoms with Crippen LogP contribution in [0.5, 0.6) is 0 Å². The van der Waals surface area contributed by atoms with E-state index in [-0.39, 0.29) is 5.91 Å². The molecule has 1 amide bonds. The number of carbonyl (C=O) groups is 1. The molecule has 0 bridgehead atoms. The highest BCUT2D eigenvalue weighted by atomic mass is 32.1. The van der Waals surface area contributed by atoms with E-state index in [1.54, 1.807) is 0 Å². The van der Waals surface area contributed by atoms with Crippen LogP contribution < -0.4 is 11.1 Å². The van der Waals surface area contributed by atoms with E-state index in [2.05, 4.69) is 17.3 Å². The third-order valence-corrected chi connectivity index (χ3v) is 4.26. The van der Waals surface area contributed by atoms with E-state index in [1.165, 1.54) is 12.8 Å². The molecule has 1 aliphatic heterocycles. The molecule has 0 aliphatic carbocycles. The van der Waals surface area contributed by atoms with Crippen molar-refractivity contribution in [2.24, 2.45) is 11.7 Å². The summed E-state index contributed by atoms with van der Waals surface area (Å²) in [7, 11) is 2.14. The Bertz CT molecular complexity index is 493. The van der Waals surface area contributed by atoms with Crippen molar-refractivity contribution in [2.75, 3.05) is 26.7 Å². The summed E-state index contributed by atoms with van der Waals surface area (Å²) in [6.45, 7) is 3.04. The van der Waals surface area contributed by atoms with Crippen molar-refractivity contribution in [3.8, 4) is 0 Å². The number of piperidine rings is 1. The second-order valence-electron chi connectivity index (χ2n) is 5.79. The number of likely N-dealkylation sites (tertiary alicyclic amines) is 1. The summed E-state index contributed by atoms with van der Waals surface area (Å²) < 4.78 is 0. The molecule has 1 aliphatic rings. The second kappa shape index (κ2) is 7.52. The number of hydrogen-bond donors (Lipinski definition) is 2. The van der Waals surface area contributed by atoms with Crippen LogP contribution in [0.1, 0.15) is 24.0 Å². The average Bonchev–Trinajstić information content (AvgIpc) is 2.47. The molecule has 1 aromatic carbocycles. The number of amides is 1. The number of rotatable bonds is 5. The van der Waals surface area contributed by atoms with E-state index in [1.807, 2.05) is 24.3 Å². The Kier molecular flexibility index (Phi) is 5.70. The van der Waals surface area contributed by atoms with Crippen molar-refractivity contribution < 1.29 is 4.79 Å². The van der Waals surface area contributed by atoms with Crippen molar-refractivity contribution >= 4 is 23.1 Å². The van der Waals surface area contributed by atoms with Gasteiger partial charge in [0.2, 0.25) is 5.91 Å². The van der Waals surface area contributed by atoms with Gasteiger partial charge in [-0.3, -0.25) is 4.79 Å². The van der Waals surface area contributed by atoms with Gasteiger partial charge in [-0.1, -0.05) is 36.5 Å². The standard InChI is InChI=1S/C16H23N3OS/c1-19-8-6-13(7-9-19)11-18-15(20)10-12-2-4-14(5-3-12)16(17)21/h2-5,13H,6-11H2,1H3,(H2,17,21)(H,18,20). The molecule has 0 unspecified atom stereocenters. The third kappa shape index (κ3) is 5.10. The van der Waals surface area contributed by atoms with E-state index < -0.39 is 0 Å². The van der Waals surface area contributed by atoms with Crippen LogP contribution in [0.15, 0.2) is 24.3 Å². The zero-order valence-electron chi connectivity index (χ0n) is 12.5. The van der Waals surface area contributed by atoms with Gasteiger partial charge < -0.3 is 16.0 Å². The number of nitrogens with zero attached hydrogens (tertiary/aromatic N) is 1. The second-order valence-corrected chi connectivity index (χ2v) is 6.23. The number of carbonyl (C=O) groups excluding carboxylic acids is 1. The Hall–Kier alpha value is -1.46. The molecule has 114 valence electrons. The van der Waals surface area contributed by atoms with Crippen LogP contribution >= 0.6 is 12.2 Å². The maximum absolute atomic E-state index is 12.0. The minimum atomic E-state index is 0.0806. The topological polar surface area (TPSA) is 58.4 Å². The van der Waals surface area contributed by atoms with Gasteiger partial charge in [-0.05, 0) is 44.5 Å². The van der Waals surface area contributed by atoms with Crippen LogP contribution in [-0.4, -0.2) is 42.5 Å². The molecule has 0 aromatic heterocycles. The zero-order chi connectivity index (χ0) is 15.2. The molecule has 1 saturated heterocycles. The van der Waals surface area contributed by atoms with Gasteiger partial charge in [-0.15, -0.1) is 0 Å². The van der Waals surface area contributed by atoms with Gasteiger partial charge >= 0.3 is 0 Å². The molecule has 1 fully saturated rings. The number of benzene rings is 1. The van der Waals surface area contributed by atoms with Crippen molar-refractivity contribution in [2.45, 2.75) is 19.3 Å². The largest absolute Gasteiger partial charge is 0.389 e. The first-order valence-corrected chi connectivity index (χ1v) is 7.79. The third-order valence-electron chi connectivity index (χ3n) is 4.03. The Morgan fingerprint density at radius 3 is 2.52 bits per heavy atom. The number of hydrogen-bond acceptors (Lipinski definition) is 3. The Balaban J connectivity index is 1.75. The zero-order valence-corrected chi connectivity index (χ0v) is 13.3. The molecule has 21 heavy (non-hydrogen) atoms. The lowest BCUT2D eigenvalue weighted by Crippen LogP contribution is -2.37. The summed E-state index contributed by atoms with van der Waals surface area (Å²) >= 11 is 4.91. The van der Waals surface area contributed by atoms with Gasteiger partial charge in [0.25, 0.3) is 0 Å². The molecule has 3 N–H and O–H groups in total. The van der Waals surface area contributed by atoms with Crippen LogP contribution in [-0.2, 0) is 11.2 Å². The predicted octanol–water partition coefficient (Wildman–Crippen LogP) is 1.32. The molecule has 5 heteroatoms. The molecule has 0 saturated carbocycles. The first kappa shape index (κ1) is 15.9. The van der Waals surface area contributed by atoms with Crippen molar-refractivity contribution in [1.29, 1.82) is 0 Å². The summed E-state index contributed by atoms with van der Waals surface area (Å²) in [5, 5.41) is 3.05.